The summed E-state index contributed by atoms with van der Waals surface area (Å²) in [6.45, 7) is 4.14. The van der Waals surface area contributed by atoms with Gasteiger partial charge < -0.3 is 5.11 Å². The minimum absolute atomic E-state index is 0.324. The number of hydrogen-bond donors (Lipinski definition) is 1. The van der Waals surface area contributed by atoms with Gasteiger partial charge in [-0.3, -0.25) is 0 Å². The second-order valence-corrected chi connectivity index (χ2v) is 4.17. The van der Waals surface area contributed by atoms with Gasteiger partial charge in [0.15, 0.2) is 0 Å². The summed E-state index contributed by atoms with van der Waals surface area (Å²) in [6.07, 6.45) is 1.68. The molecule has 13 heavy (non-hydrogen) atoms. The summed E-state index contributed by atoms with van der Waals surface area (Å²) in [6, 6.07) is 6.08. The molecule has 0 aliphatic heterocycles. The summed E-state index contributed by atoms with van der Waals surface area (Å²) in [5.41, 5.74) is 3.52. The third-order valence-corrected chi connectivity index (χ3v) is 2.98. The topological polar surface area (TPSA) is 20.2 Å². The SMILES string of the molecule is CSCC(O)c1cccc(C)c1C. The minimum atomic E-state index is -0.324. The normalized spacial score (nSPS) is 12.9. The standard InChI is InChI=1S/C11H16OS/c1-8-5-4-6-10(9(8)2)11(12)7-13-3/h4-6,11-12H,7H2,1-3H3. The van der Waals surface area contributed by atoms with E-state index >= 15 is 0 Å². The summed E-state index contributed by atoms with van der Waals surface area (Å²) in [4.78, 5) is 0. The Bertz CT molecular complexity index is 283. The maximum absolute atomic E-state index is 9.80. The van der Waals surface area contributed by atoms with Crippen molar-refractivity contribution < 1.29 is 5.11 Å². The Kier molecular flexibility index (Phi) is 3.82. The molecule has 1 unspecified atom stereocenters. The molecule has 0 spiro atoms. The second-order valence-electron chi connectivity index (χ2n) is 3.26. The van der Waals surface area contributed by atoms with Crippen LogP contribution in [0.25, 0.3) is 0 Å². The van der Waals surface area contributed by atoms with Crippen molar-refractivity contribution in [2.75, 3.05) is 12.0 Å². The van der Waals surface area contributed by atoms with Crippen LogP contribution in [0.5, 0.6) is 0 Å². The van der Waals surface area contributed by atoms with Crippen molar-refractivity contribution in [2.45, 2.75) is 20.0 Å². The Morgan fingerprint density at radius 1 is 1.38 bits per heavy atom. The van der Waals surface area contributed by atoms with Crippen molar-refractivity contribution in [3.63, 3.8) is 0 Å². The highest BCUT2D eigenvalue weighted by molar-refractivity contribution is 7.98. The van der Waals surface area contributed by atoms with Crippen LogP contribution in [0, 0.1) is 13.8 Å². The fraction of sp³-hybridized carbons (Fsp3) is 0.455. The molecule has 1 nitrogen and oxygen atoms in total. The second kappa shape index (κ2) is 4.68. The molecule has 1 rings (SSSR count). The van der Waals surface area contributed by atoms with Crippen LogP contribution < -0.4 is 0 Å². The lowest BCUT2D eigenvalue weighted by molar-refractivity contribution is 0.203. The zero-order chi connectivity index (χ0) is 9.84. The first kappa shape index (κ1) is 10.6. The number of rotatable bonds is 3. The summed E-state index contributed by atoms with van der Waals surface area (Å²) in [5, 5.41) is 9.80. The quantitative estimate of drug-likeness (QED) is 0.802. The number of benzene rings is 1. The van der Waals surface area contributed by atoms with Gasteiger partial charge in [-0.25, -0.2) is 0 Å². The molecule has 0 saturated heterocycles. The largest absolute Gasteiger partial charge is 0.388 e. The number of hydrogen-bond acceptors (Lipinski definition) is 2. The van der Waals surface area contributed by atoms with Gasteiger partial charge in [0.25, 0.3) is 0 Å². The lowest BCUT2D eigenvalue weighted by Crippen LogP contribution is -2.03. The van der Waals surface area contributed by atoms with Crippen LogP contribution in [0.1, 0.15) is 22.8 Å². The van der Waals surface area contributed by atoms with Gasteiger partial charge in [-0.05, 0) is 36.8 Å². The smallest absolute Gasteiger partial charge is 0.0882 e. The molecular formula is C11H16OS. The summed E-state index contributed by atoms with van der Waals surface area (Å²) in [5.74, 6) is 0.768. The van der Waals surface area contributed by atoms with Crippen molar-refractivity contribution in [1.82, 2.24) is 0 Å². The first-order chi connectivity index (χ1) is 6.16. The molecule has 0 heterocycles. The lowest BCUT2D eigenvalue weighted by Gasteiger charge is -2.13. The summed E-state index contributed by atoms with van der Waals surface area (Å²) in [7, 11) is 0. The molecule has 1 atom stereocenters. The molecule has 1 aromatic rings. The molecule has 1 N–H and O–H groups in total. The van der Waals surface area contributed by atoms with Crippen LogP contribution in [0.15, 0.2) is 18.2 Å². The highest BCUT2D eigenvalue weighted by Crippen LogP contribution is 2.22. The maximum atomic E-state index is 9.80. The zero-order valence-electron chi connectivity index (χ0n) is 8.37. The molecule has 1 aromatic carbocycles. The third kappa shape index (κ3) is 2.48. The van der Waals surface area contributed by atoms with E-state index in [1.807, 2.05) is 18.4 Å². The molecule has 0 aromatic heterocycles. The predicted octanol–water partition coefficient (Wildman–Crippen LogP) is 2.70. The van der Waals surface area contributed by atoms with Gasteiger partial charge in [0.2, 0.25) is 0 Å². The highest BCUT2D eigenvalue weighted by Gasteiger charge is 2.09. The number of thioether (sulfide) groups is 1. The van der Waals surface area contributed by atoms with Gasteiger partial charge in [-0.1, -0.05) is 18.2 Å². The Hall–Kier alpha value is -0.470. The Balaban J connectivity index is 2.93. The molecule has 2 heteroatoms. The van der Waals surface area contributed by atoms with E-state index in [0.29, 0.717) is 0 Å². The predicted molar refractivity (Wildman–Crippen MR) is 59.3 cm³/mol. The van der Waals surface area contributed by atoms with E-state index in [4.69, 9.17) is 0 Å². The van der Waals surface area contributed by atoms with Crippen LogP contribution in [0.4, 0.5) is 0 Å². The molecule has 0 saturated carbocycles. The van der Waals surface area contributed by atoms with E-state index in [2.05, 4.69) is 19.9 Å². The van der Waals surface area contributed by atoms with Gasteiger partial charge >= 0.3 is 0 Å². The molecular weight excluding hydrogens is 180 g/mol. The van der Waals surface area contributed by atoms with E-state index in [0.717, 1.165) is 11.3 Å². The van der Waals surface area contributed by atoms with Crippen LogP contribution in [0.2, 0.25) is 0 Å². The summed E-state index contributed by atoms with van der Waals surface area (Å²) >= 11 is 1.67. The minimum Gasteiger partial charge on any atom is -0.388 e. The first-order valence-corrected chi connectivity index (χ1v) is 5.79. The fourth-order valence-electron chi connectivity index (χ4n) is 1.38. The first-order valence-electron chi connectivity index (χ1n) is 4.40. The number of aliphatic hydroxyl groups excluding tert-OH is 1. The monoisotopic (exact) mass is 196 g/mol. The average molecular weight is 196 g/mol. The van der Waals surface area contributed by atoms with E-state index in [1.54, 1.807) is 11.8 Å². The third-order valence-electron chi connectivity index (χ3n) is 2.33. The zero-order valence-corrected chi connectivity index (χ0v) is 9.19. The fourth-order valence-corrected chi connectivity index (χ4v) is 1.88. The number of aliphatic hydroxyl groups is 1. The molecule has 0 amide bonds. The number of aryl methyl sites for hydroxylation is 1. The summed E-state index contributed by atoms with van der Waals surface area (Å²) < 4.78 is 0. The van der Waals surface area contributed by atoms with Crippen LogP contribution >= 0.6 is 11.8 Å². The van der Waals surface area contributed by atoms with Crippen LogP contribution in [-0.2, 0) is 0 Å². The van der Waals surface area contributed by atoms with E-state index in [1.165, 1.54) is 11.1 Å². The Morgan fingerprint density at radius 3 is 2.69 bits per heavy atom. The van der Waals surface area contributed by atoms with Gasteiger partial charge in [-0.2, -0.15) is 11.8 Å². The molecule has 0 bridgehead atoms. The lowest BCUT2D eigenvalue weighted by atomic mass is 10.0. The van der Waals surface area contributed by atoms with Crippen LogP contribution in [0.3, 0.4) is 0 Å². The van der Waals surface area contributed by atoms with Crippen molar-refractivity contribution in [3.8, 4) is 0 Å². The van der Waals surface area contributed by atoms with E-state index in [-0.39, 0.29) is 6.10 Å². The molecule has 0 aliphatic rings. The van der Waals surface area contributed by atoms with E-state index < -0.39 is 0 Å². The maximum Gasteiger partial charge on any atom is 0.0882 e. The van der Waals surface area contributed by atoms with E-state index in [9.17, 15) is 5.11 Å². The van der Waals surface area contributed by atoms with Gasteiger partial charge in [0.05, 0.1) is 6.10 Å². The molecule has 0 aliphatic carbocycles. The molecule has 72 valence electrons. The Morgan fingerprint density at radius 2 is 2.08 bits per heavy atom. The Labute approximate surface area is 84.2 Å². The van der Waals surface area contributed by atoms with Gasteiger partial charge in [-0.15, -0.1) is 0 Å². The van der Waals surface area contributed by atoms with Crippen LogP contribution in [-0.4, -0.2) is 17.1 Å². The molecule has 0 fully saturated rings. The van der Waals surface area contributed by atoms with Crippen molar-refractivity contribution >= 4 is 11.8 Å². The van der Waals surface area contributed by atoms with Crippen molar-refractivity contribution in [3.05, 3.63) is 34.9 Å². The van der Waals surface area contributed by atoms with Gasteiger partial charge in [0.1, 0.15) is 0 Å². The average Bonchev–Trinajstić information content (AvgIpc) is 2.10. The molecule has 0 radical (unpaired) electrons. The van der Waals surface area contributed by atoms with Crippen molar-refractivity contribution in [1.29, 1.82) is 0 Å². The van der Waals surface area contributed by atoms with Gasteiger partial charge in [0, 0.05) is 5.75 Å². The van der Waals surface area contributed by atoms with Crippen molar-refractivity contribution in [2.24, 2.45) is 0 Å². The highest BCUT2D eigenvalue weighted by atomic mass is 32.2.